The van der Waals surface area contributed by atoms with Gasteiger partial charge >= 0.3 is 0 Å². The fraction of sp³-hybridized carbons (Fsp3) is 1.00. The van der Waals surface area contributed by atoms with E-state index in [-0.39, 0.29) is 0 Å². The minimum atomic E-state index is 0.501. The Morgan fingerprint density at radius 1 is 0.636 bits per heavy atom. The molecule has 6 saturated carbocycles. The minimum absolute atomic E-state index is 0.501. The molecule has 6 rings (SSSR count). The molecule has 0 saturated heterocycles. The summed E-state index contributed by atoms with van der Waals surface area (Å²) in [6, 6.07) is 0. The van der Waals surface area contributed by atoms with Crippen molar-refractivity contribution in [3.63, 3.8) is 0 Å². The first-order chi connectivity index (χ1) is 15.4. The van der Waals surface area contributed by atoms with Crippen LogP contribution in [0, 0.1) is 80.8 Å². The number of hydrogen-bond acceptors (Lipinski definition) is 1. The lowest BCUT2D eigenvalue weighted by Crippen LogP contribution is -2.36. The molecule has 12 atom stereocenters. The molecule has 0 radical (unpaired) electrons. The molecular weight excluding hydrogens is 400 g/mol. The van der Waals surface area contributed by atoms with E-state index in [2.05, 4.69) is 55.4 Å². The molecule has 6 fully saturated rings. The van der Waals surface area contributed by atoms with E-state index in [1.54, 1.807) is 0 Å². The van der Waals surface area contributed by atoms with Gasteiger partial charge in [0.15, 0.2) is 0 Å². The monoisotopic (exact) mass is 454 g/mol. The van der Waals surface area contributed by atoms with Gasteiger partial charge in [0.2, 0.25) is 0 Å². The SMILES string of the molecule is C[C@@H]1CC[C@@]23C[C@@H]1C(C)(C)[C@@H]2C(COCC1C[C@@H](C)[C@]24CC[C@@H](C)[C@H](C2)C(C)(C)[C@H]14)C[C@H]3C. The molecule has 0 aromatic carbocycles. The third-order valence-electron chi connectivity index (χ3n) is 14.3. The van der Waals surface area contributed by atoms with Crippen LogP contribution in [0.2, 0.25) is 0 Å². The topological polar surface area (TPSA) is 9.23 Å². The van der Waals surface area contributed by atoms with E-state index in [4.69, 9.17) is 4.74 Å². The van der Waals surface area contributed by atoms with Crippen molar-refractivity contribution in [2.75, 3.05) is 13.2 Å². The van der Waals surface area contributed by atoms with E-state index >= 15 is 0 Å². The van der Waals surface area contributed by atoms with Crippen LogP contribution in [0.5, 0.6) is 0 Å². The summed E-state index contributed by atoms with van der Waals surface area (Å²) in [7, 11) is 0. The summed E-state index contributed by atoms with van der Waals surface area (Å²) in [5.41, 5.74) is 2.28. The Labute approximate surface area is 205 Å². The molecule has 2 unspecified atom stereocenters. The normalized spacial score (nSPS) is 57.8. The standard InChI is InChI=1S/C32H54O/c1-19-9-11-31-15-25(19)29(5,6)27(31)23(13-21(31)3)17-33-18-24-14-22(4)32-12-10-20(2)26(16-32)30(7,8)28(24)32/h19-28H,9-18H2,1-8H3/t19-,20-,21-,22-,23?,24?,25+,26+,27+,28+,31+,32+/m1/s1. The van der Waals surface area contributed by atoms with Crippen molar-refractivity contribution in [3.05, 3.63) is 0 Å². The van der Waals surface area contributed by atoms with Gasteiger partial charge in [-0.3, -0.25) is 0 Å². The largest absolute Gasteiger partial charge is 0.381 e. The van der Waals surface area contributed by atoms with Gasteiger partial charge in [-0.25, -0.2) is 0 Å². The molecule has 188 valence electrons. The van der Waals surface area contributed by atoms with E-state index in [1.165, 1.54) is 51.4 Å². The fourth-order valence-corrected chi connectivity index (χ4v) is 13.3. The lowest BCUT2D eigenvalue weighted by molar-refractivity contribution is -0.00345. The van der Waals surface area contributed by atoms with Crippen LogP contribution in [0.4, 0.5) is 0 Å². The van der Waals surface area contributed by atoms with E-state index in [1.807, 2.05) is 0 Å². The average Bonchev–Trinajstić information content (AvgIpc) is 3.31. The van der Waals surface area contributed by atoms with Crippen molar-refractivity contribution < 1.29 is 4.74 Å². The molecule has 0 aliphatic heterocycles. The first-order valence-corrected chi connectivity index (χ1v) is 15.0. The number of fused-ring (bicyclic) bond motifs is 2. The van der Waals surface area contributed by atoms with Gasteiger partial charge in [0.25, 0.3) is 0 Å². The Kier molecular flexibility index (Phi) is 5.14. The van der Waals surface area contributed by atoms with Gasteiger partial charge < -0.3 is 4.74 Å². The molecule has 33 heavy (non-hydrogen) atoms. The van der Waals surface area contributed by atoms with Crippen molar-refractivity contribution >= 4 is 0 Å². The highest BCUT2D eigenvalue weighted by atomic mass is 16.5. The smallest absolute Gasteiger partial charge is 0.0497 e. The van der Waals surface area contributed by atoms with Gasteiger partial charge in [-0.2, -0.15) is 0 Å². The Morgan fingerprint density at radius 3 is 1.42 bits per heavy atom. The molecule has 4 bridgehead atoms. The first-order valence-electron chi connectivity index (χ1n) is 15.0. The maximum absolute atomic E-state index is 6.85. The predicted octanol–water partition coefficient (Wildman–Crippen LogP) is 8.47. The zero-order valence-corrected chi connectivity index (χ0v) is 23.3. The Bertz CT molecular complexity index is 717. The van der Waals surface area contributed by atoms with Crippen LogP contribution in [0.25, 0.3) is 0 Å². The van der Waals surface area contributed by atoms with E-state index in [0.717, 1.165) is 72.4 Å². The Morgan fingerprint density at radius 2 is 1.03 bits per heavy atom. The van der Waals surface area contributed by atoms with Crippen LogP contribution in [0.1, 0.15) is 107 Å². The molecule has 1 nitrogen and oxygen atoms in total. The maximum Gasteiger partial charge on any atom is 0.0497 e. The van der Waals surface area contributed by atoms with Gasteiger partial charge in [-0.05, 0) is 132 Å². The van der Waals surface area contributed by atoms with Crippen molar-refractivity contribution in [2.24, 2.45) is 80.8 Å². The molecule has 2 spiro atoms. The quantitative estimate of drug-likeness (QED) is 0.414. The number of rotatable bonds is 4. The lowest BCUT2D eigenvalue weighted by atomic mass is 9.65. The molecule has 0 N–H and O–H groups in total. The summed E-state index contributed by atoms with van der Waals surface area (Å²) in [5, 5.41) is 0. The van der Waals surface area contributed by atoms with E-state index in [0.29, 0.717) is 21.7 Å². The van der Waals surface area contributed by atoms with E-state index in [9.17, 15) is 0 Å². The van der Waals surface area contributed by atoms with Crippen LogP contribution in [-0.4, -0.2) is 13.2 Å². The van der Waals surface area contributed by atoms with Gasteiger partial charge in [-0.1, -0.05) is 55.4 Å². The van der Waals surface area contributed by atoms with Gasteiger partial charge in [-0.15, -0.1) is 0 Å². The number of ether oxygens (including phenoxy) is 1. The van der Waals surface area contributed by atoms with Crippen LogP contribution in [0.3, 0.4) is 0 Å². The molecule has 0 amide bonds. The van der Waals surface area contributed by atoms with Gasteiger partial charge in [0, 0.05) is 13.2 Å². The minimum Gasteiger partial charge on any atom is -0.381 e. The lowest BCUT2D eigenvalue weighted by Gasteiger charge is -2.40. The molecule has 0 aromatic heterocycles. The molecular formula is C32H54O. The summed E-state index contributed by atoms with van der Waals surface area (Å²) < 4.78 is 6.85. The van der Waals surface area contributed by atoms with Crippen LogP contribution in [-0.2, 0) is 4.74 Å². The van der Waals surface area contributed by atoms with Crippen molar-refractivity contribution in [1.82, 2.24) is 0 Å². The van der Waals surface area contributed by atoms with Crippen molar-refractivity contribution in [1.29, 1.82) is 0 Å². The Hall–Kier alpha value is -0.0400. The van der Waals surface area contributed by atoms with Crippen LogP contribution >= 0.6 is 0 Å². The maximum atomic E-state index is 6.85. The van der Waals surface area contributed by atoms with Gasteiger partial charge in [0.05, 0.1) is 0 Å². The first kappa shape index (κ1) is 23.4. The van der Waals surface area contributed by atoms with E-state index < -0.39 is 0 Å². The summed E-state index contributed by atoms with van der Waals surface area (Å²) in [6.45, 7) is 23.0. The highest BCUT2D eigenvalue weighted by Crippen LogP contribution is 2.75. The molecule has 0 heterocycles. The Balaban J connectivity index is 1.17. The third kappa shape index (κ3) is 2.87. The fourth-order valence-electron chi connectivity index (χ4n) is 13.3. The van der Waals surface area contributed by atoms with Crippen molar-refractivity contribution in [3.8, 4) is 0 Å². The number of hydrogen-bond donors (Lipinski definition) is 0. The summed E-state index contributed by atoms with van der Waals surface area (Å²) in [5.74, 6) is 8.92. The molecule has 0 aromatic rings. The zero-order chi connectivity index (χ0) is 23.6. The molecule has 6 aliphatic carbocycles. The summed E-state index contributed by atoms with van der Waals surface area (Å²) in [6.07, 6.45) is 11.8. The molecule has 6 aliphatic rings. The summed E-state index contributed by atoms with van der Waals surface area (Å²) >= 11 is 0. The highest BCUT2D eigenvalue weighted by molar-refractivity contribution is 5.17. The zero-order valence-electron chi connectivity index (χ0n) is 23.3. The van der Waals surface area contributed by atoms with Crippen LogP contribution in [0.15, 0.2) is 0 Å². The van der Waals surface area contributed by atoms with Crippen LogP contribution < -0.4 is 0 Å². The third-order valence-corrected chi connectivity index (χ3v) is 14.3. The summed E-state index contributed by atoms with van der Waals surface area (Å²) in [4.78, 5) is 0. The second-order valence-electron chi connectivity index (χ2n) is 16.0. The predicted molar refractivity (Wildman–Crippen MR) is 138 cm³/mol. The molecule has 1 heteroatoms. The second-order valence-corrected chi connectivity index (χ2v) is 16.0. The van der Waals surface area contributed by atoms with Crippen molar-refractivity contribution in [2.45, 2.75) is 107 Å². The second kappa shape index (κ2) is 7.26. The average molecular weight is 455 g/mol. The highest BCUT2D eigenvalue weighted by Gasteiger charge is 2.69. The van der Waals surface area contributed by atoms with Gasteiger partial charge in [0.1, 0.15) is 0 Å².